The minimum absolute atomic E-state index is 0.136. The van der Waals surface area contributed by atoms with Gasteiger partial charge >= 0.3 is 11.9 Å². The summed E-state index contributed by atoms with van der Waals surface area (Å²) in [6, 6.07) is 8.36. The number of carbonyl (C=O) groups excluding carboxylic acids is 2. The molecule has 26 heavy (non-hydrogen) atoms. The molecule has 0 spiro atoms. The third kappa shape index (κ3) is 8.15. The molecular formula is C22H30O4. The maximum absolute atomic E-state index is 11.5. The fraction of sp³-hybridized carbons (Fsp3) is 0.455. The zero-order valence-corrected chi connectivity index (χ0v) is 16.3. The second kappa shape index (κ2) is 10.6. The molecule has 0 N–H and O–H groups in total. The van der Waals surface area contributed by atoms with Gasteiger partial charge in [0.1, 0.15) is 0 Å². The van der Waals surface area contributed by atoms with Crippen molar-refractivity contribution < 1.29 is 19.1 Å². The van der Waals surface area contributed by atoms with Crippen molar-refractivity contribution in [2.45, 2.75) is 65.6 Å². The van der Waals surface area contributed by atoms with Gasteiger partial charge in [-0.1, -0.05) is 37.4 Å². The number of hydrogen-bond donors (Lipinski definition) is 0. The molecule has 142 valence electrons. The second-order valence-corrected chi connectivity index (χ2v) is 6.89. The first kappa shape index (κ1) is 21.7. The van der Waals surface area contributed by atoms with Crippen molar-refractivity contribution in [1.82, 2.24) is 0 Å². The first-order chi connectivity index (χ1) is 12.2. The van der Waals surface area contributed by atoms with Gasteiger partial charge in [0.05, 0.1) is 12.2 Å². The fourth-order valence-corrected chi connectivity index (χ4v) is 2.30. The van der Waals surface area contributed by atoms with E-state index in [0.29, 0.717) is 11.1 Å². The van der Waals surface area contributed by atoms with Crippen LogP contribution < -0.4 is 0 Å². The zero-order chi connectivity index (χ0) is 19.7. The normalized spacial score (nSPS) is 12.8. The summed E-state index contributed by atoms with van der Waals surface area (Å²) in [6.07, 6.45) is 2.96. The maximum atomic E-state index is 11.5. The molecule has 0 heterocycles. The number of hydrogen-bond acceptors (Lipinski definition) is 4. The van der Waals surface area contributed by atoms with Crippen LogP contribution in [-0.2, 0) is 31.9 Å². The van der Waals surface area contributed by atoms with E-state index in [1.54, 1.807) is 13.8 Å². The maximum Gasteiger partial charge on any atom is 0.333 e. The first-order valence-electron chi connectivity index (χ1n) is 8.99. The Labute approximate surface area is 156 Å². The minimum atomic E-state index is -0.339. The Morgan fingerprint density at radius 1 is 0.808 bits per heavy atom. The highest BCUT2D eigenvalue weighted by atomic mass is 16.5. The van der Waals surface area contributed by atoms with Gasteiger partial charge in [0.15, 0.2) is 0 Å². The van der Waals surface area contributed by atoms with Crippen LogP contribution in [0.3, 0.4) is 0 Å². The third-order valence-electron chi connectivity index (χ3n) is 4.02. The Balaban J connectivity index is 2.39. The van der Waals surface area contributed by atoms with E-state index in [4.69, 9.17) is 9.47 Å². The van der Waals surface area contributed by atoms with Crippen LogP contribution in [0, 0.1) is 0 Å². The van der Waals surface area contributed by atoms with Crippen LogP contribution in [0.5, 0.6) is 0 Å². The summed E-state index contributed by atoms with van der Waals surface area (Å²) in [7, 11) is 0. The van der Waals surface area contributed by atoms with Gasteiger partial charge in [-0.15, -0.1) is 0 Å². The summed E-state index contributed by atoms with van der Waals surface area (Å²) >= 11 is 0. The van der Waals surface area contributed by atoms with Crippen LogP contribution in [0.1, 0.15) is 51.7 Å². The van der Waals surface area contributed by atoms with Gasteiger partial charge in [-0.05, 0) is 64.5 Å². The predicted molar refractivity (Wildman–Crippen MR) is 104 cm³/mol. The molecule has 0 saturated heterocycles. The van der Waals surface area contributed by atoms with Gasteiger partial charge in [-0.2, -0.15) is 0 Å². The third-order valence-corrected chi connectivity index (χ3v) is 4.02. The first-order valence-corrected chi connectivity index (χ1v) is 8.99. The summed E-state index contributed by atoms with van der Waals surface area (Å²) < 4.78 is 10.6. The lowest BCUT2D eigenvalue weighted by Gasteiger charge is -2.14. The van der Waals surface area contributed by atoms with Crippen molar-refractivity contribution in [3.05, 3.63) is 59.7 Å². The van der Waals surface area contributed by atoms with Crippen molar-refractivity contribution in [1.29, 1.82) is 0 Å². The molecule has 0 aliphatic carbocycles. The van der Waals surface area contributed by atoms with Crippen molar-refractivity contribution in [3.63, 3.8) is 0 Å². The number of benzene rings is 1. The molecule has 0 radical (unpaired) electrons. The number of carbonyl (C=O) groups is 2. The number of aryl methyl sites for hydroxylation is 2. The molecule has 2 atom stereocenters. The highest BCUT2D eigenvalue weighted by Gasteiger charge is 2.11. The SMILES string of the molecule is C=C(C)C(=O)OC(C)CCc1ccc(CCC(C)OC(=O)C(=C)C)cc1. The van der Waals surface area contributed by atoms with E-state index in [1.165, 1.54) is 11.1 Å². The quantitative estimate of drug-likeness (QED) is 0.454. The highest BCUT2D eigenvalue weighted by molar-refractivity contribution is 5.87. The zero-order valence-electron chi connectivity index (χ0n) is 16.3. The lowest BCUT2D eigenvalue weighted by atomic mass is 10.0. The largest absolute Gasteiger partial charge is 0.459 e. The summed E-state index contributed by atoms with van der Waals surface area (Å²) in [5.74, 6) is -0.677. The Bertz CT molecular complexity index is 586. The number of esters is 2. The molecule has 4 heteroatoms. The van der Waals surface area contributed by atoms with Gasteiger partial charge in [0, 0.05) is 11.1 Å². The average molecular weight is 358 g/mol. The summed E-state index contributed by atoms with van der Waals surface area (Å²) in [4.78, 5) is 23.0. The number of ether oxygens (including phenoxy) is 2. The van der Waals surface area contributed by atoms with Crippen LogP contribution in [0.2, 0.25) is 0 Å². The van der Waals surface area contributed by atoms with Gasteiger partial charge < -0.3 is 9.47 Å². The van der Waals surface area contributed by atoms with Gasteiger partial charge in [0.2, 0.25) is 0 Å². The summed E-state index contributed by atoms with van der Waals surface area (Å²) in [6.45, 7) is 14.2. The van der Waals surface area contributed by atoms with E-state index in [0.717, 1.165) is 25.7 Å². The van der Waals surface area contributed by atoms with Gasteiger partial charge in [-0.25, -0.2) is 9.59 Å². The average Bonchev–Trinajstić information content (AvgIpc) is 2.58. The lowest BCUT2D eigenvalue weighted by Crippen LogP contribution is -2.16. The molecule has 0 aliphatic heterocycles. The van der Waals surface area contributed by atoms with Crippen LogP contribution in [0.25, 0.3) is 0 Å². The highest BCUT2D eigenvalue weighted by Crippen LogP contribution is 2.13. The van der Waals surface area contributed by atoms with E-state index in [9.17, 15) is 9.59 Å². The Hall–Kier alpha value is -2.36. The van der Waals surface area contributed by atoms with E-state index in [1.807, 2.05) is 13.8 Å². The van der Waals surface area contributed by atoms with Crippen LogP contribution in [0.15, 0.2) is 48.6 Å². The van der Waals surface area contributed by atoms with E-state index < -0.39 is 0 Å². The van der Waals surface area contributed by atoms with E-state index >= 15 is 0 Å². The molecule has 1 aromatic rings. The molecular weight excluding hydrogens is 328 g/mol. The predicted octanol–water partition coefficient (Wildman–Crippen LogP) is 4.57. The molecule has 1 aromatic carbocycles. The smallest absolute Gasteiger partial charge is 0.333 e. The summed E-state index contributed by atoms with van der Waals surface area (Å²) in [5.41, 5.74) is 3.25. The Morgan fingerprint density at radius 2 is 1.12 bits per heavy atom. The van der Waals surface area contributed by atoms with Crippen molar-refractivity contribution >= 4 is 11.9 Å². The standard InChI is InChI=1S/C22H30O4/c1-15(2)21(23)25-17(5)7-9-19-11-13-20(14-12-19)10-8-18(6)26-22(24)16(3)4/h11-14,17-18H,1,3,7-10H2,2,4-6H3. The van der Waals surface area contributed by atoms with Crippen molar-refractivity contribution in [2.75, 3.05) is 0 Å². The van der Waals surface area contributed by atoms with E-state index in [-0.39, 0.29) is 24.1 Å². The van der Waals surface area contributed by atoms with Gasteiger partial charge in [-0.3, -0.25) is 0 Å². The lowest BCUT2D eigenvalue weighted by molar-refractivity contribution is -0.144. The molecule has 0 bridgehead atoms. The molecule has 1 rings (SSSR count). The topological polar surface area (TPSA) is 52.6 Å². The second-order valence-electron chi connectivity index (χ2n) is 6.89. The summed E-state index contributed by atoms with van der Waals surface area (Å²) in [5, 5.41) is 0. The minimum Gasteiger partial charge on any atom is -0.459 e. The Kier molecular flexibility index (Phi) is 8.83. The van der Waals surface area contributed by atoms with Crippen molar-refractivity contribution in [3.8, 4) is 0 Å². The van der Waals surface area contributed by atoms with Crippen LogP contribution in [-0.4, -0.2) is 24.1 Å². The molecule has 0 amide bonds. The van der Waals surface area contributed by atoms with E-state index in [2.05, 4.69) is 37.4 Å². The molecule has 0 aliphatic rings. The van der Waals surface area contributed by atoms with Crippen molar-refractivity contribution in [2.24, 2.45) is 0 Å². The monoisotopic (exact) mass is 358 g/mol. The molecule has 0 fully saturated rings. The number of rotatable bonds is 10. The van der Waals surface area contributed by atoms with Gasteiger partial charge in [0.25, 0.3) is 0 Å². The molecule has 4 nitrogen and oxygen atoms in total. The Morgan fingerprint density at radius 3 is 1.38 bits per heavy atom. The molecule has 0 saturated carbocycles. The fourth-order valence-electron chi connectivity index (χ4n) is 2.30. The van der Waals surface area contributed by atoms with Crippen LogP contribution in [0.4, 0.5) is 0 Å². The molecule has 0 aromatic heterocycles. The molecule has 2 unspecified atom stereocenters. The van der Waals surface area contributed by atoms with Crippen LogP contribution >= 0.6 is 0 Å².